The van der Waals surface area contributed by atoms with Gasteiger partial charge in [-0.05, 0) is 68.5 Å². The van der Waals surface area contributed by atoms with Crippen LogP contribution in [-0.4, -0.2) is 20.7 Å². The first-order valence-electron chi connectivity index (χ1n) is 11.6. The van der Waals surface area contributed by atoms with Gasteiger partial charge in [-0.3, -0.25) is 9.78 Å². The van der Waals surface area contributed by atoms with E-state index in [4.69, 9.17) is 0 Å². The molecule has 2 aromatic heterocycles. The van der Waals surface area contributed by atoms with Crippen LogP contribution in [0.5, 0.6) is 0 Å². The van der Waals surface area contributed by atoms with E-state index in [-0.39, 0.29) is 17.5 Å². The highest BCUT2D eigenvalue weighted by molar-refractivity contribution is 6.07. The van der Waals surface area contributed by atoms with E-state index in [1.54, 1.807) is 12.4 Å². The number of amides is 1. The normalized spacial score (nSPS) is 16.4. The second-order valence-electron chi connectivity index (χ2n) is 9.55. The summed E-state index contributed by atoms with van der Waals surface area (Å²) in [5.74, 6) is 0.549. The van der Waals surface area contributed by atoms with E-state index in [9.17, 15) is 4.79 Å². The molecule has 1 amide bonds. The molecule has 5 rings (SSSR count). The van der Waals surface area contributed by atoms with Gasteiger partial charge in [-0.1, -0.05) is 48.5 Å². The largest absolute Gasteiger partial charge is 0.361 e. The van der Waals surface area contributed by atoms with Crippen LogP contribution in [0.1, 0.15) is 59.1 Å². The molecule has 34 heavy (non-hydrogen) atoms. The smallest absolute Gasteiger partial charge is 0.261 e. The summed E-state index contributed by atoms with van der Waals surface area (Å²) in [4.78, 5) is 17.8. The number of carbonyl (C=O) groups is 1. The molecule has 0 saturated carbocycles. The molecule has 4 aromatic rings. The highest BCUT2D eigenvalue weighted by Crippen LogP contribution is 2.39. The zero-order valence-corrected chi connectivity index (χ0v) is 19.7. The number of pyridine rings is 1. The average molecular weight is 452 g/mol. The number of hydrogen-bond acceptors (Lipinski definition) is 4. The van der Waals surface area contributed by atoms with Gasteiger partial charge in [0.25, 0.3) is 5.91 Å². The lowest BCUT2D eigenvalue weighted by Gasteiger charge is -2.37. The second-order valence-corrected chi connectivity index (χ2v) is 9.55. The van der Waals surface area contributed by atoms with Crippen molar-refractivity contribution in [3.8, 4) is 0 Å². The Hall–Kier alpha value is -3.93. The van der Waals surface area contributed by atoms with Crippen LogP contribution in [0.4, 0.5) is 11.5 Å². The lowest BCUT2D eigenvalue weighted by Crippen LogP contribution is -2.38. The molecule has 2 N–H and O–H groups in total. The lowest BCUT2D eigenvalue weighted by atomic mass is 9.91. The van der Waals surface area contributed by atoms with Crippen molar-refractivity contribution < 1.29 is 4.79 Å². The summed E-state index contributed by atoms with van der Waals surface area (Å²) in [6.45, 7) is 6.30. The molecule has 1 aliphatic rings. The van der Waals surface area contributed by atoms with Crippen LogP contribution in [0.15, 0.2) is 79.1 Å². The Balaban J connectivity index is 1.37. The van der Waals surface area contributed by atoms with Gasteiger partial charge < -0.3 is 10.6 Å². The molecular formula is C28H29N5O. The summed E-state index contributed by atoms with van der Waals surface area (Å²) in [7, 11) is 0. The standard InChI is InChI=1S/C28H29N5O/c1-19-15-21(16-20-9-5-4-6-10-20)12-13-23(19)32-27(34)22-18-30-33-26(22)31-25(17-28(33,2)3)24-11-7-8-14-29-24/h4-15,18,25,31H,16-17H2,1-3H3,(H,32,34). The maximum atomic E-state index is 13.3. The third-order valence-electron chi connectivity index (χ3n) is 6.44. The van der Waals surface area contributed by atoms with E-state index in [0.717, 1.165) is 35.6 Å². The van der Waals surface area contributed by atoms with Crippen LogP contribution in [-0.2, 0) is 12.0 Å². The van der Waals surface area contributed by atoms with Gasteiger partial charge in [0.1, 0.15) is 11.4 Å². The van der Waals surface area contributed by atoms with Crippen molar-refractivity contribution in [2.45, 2.75) is 45.2 Å². The predicted molar refractivity (Wildman–Crippen MR) is 135 cm³/mol. The number of rotatable bonds is 5. The number of anilines is 2. The van der Waals surface area contributed by atoms with Gasteiger partial charge in [-0.2, -0.15) is 5.10 Å². The first-order valence-corrected chi connectivity index (χ1v) is 11.6. The van der Waals surface area contributed by atoms with E-state index in [1.165, 1.54) is 11.1 Å². The number of hydrogen-bond donors (Lipinski definition) is 2. The van der Waals surface area contributed by atoms with Gasteiger partial charge in [0.2, 0.25) is 0 Å². The van der Waals surface area contributed by atoms with E-state index in [0.29, 0.717) is 5.56 Å². The Morgan fingerprint density at radius 1 is 1.09 bits per heavy atom. The number of benzene rings is 2. The van der Waals surface area contributed by atoms with Gasteiger partial charge in [-0.15, -0.1) is 0 Å². The third kappa shape index (κ3) is 4.31. The highest BCUT2D eigenvalue weighted by Gasteiger charge is 2.37. The quantitative estimate of drug-likeness (QED) is 0.407. The van der Waals surface area contributed by atoms with Gasteiger partial charge >= 0.3 is 0 Å². The lowest BCUT2D eigenvalue weighted by molar-refractivity contribution is 0.102. The van der Waals surface area contributed by atoms with Crippen LogP contribution in [0.25, 0.3) is 0 Å². The Morgan fingerprint density at radius 2 is 1.88 bits per heavy atom. The molecular weight excluding hydrogens is 422 g/mol. The Bertz CT molecular complexity index is 1310. The zero-order chi connectivity index (χ0) is 23.7. The molecule has 0 spiro atoms. The number of aryl methyl sites for hydroxylation is 1. The van der Waals surface area contributed by atoms with Crippen molar-refractivity contribution in [1.29, 1.82) is 0 Å². The van der Waals surface area contributed by atoms with Crippen molar-refractivity contribution in [3.05, 3.63) is 107 Å². The second kappa shape index (κ2) is 8.78. The molecule has 3 heterocycles. The van der Waals surface area contributed by atoms with Crippen molar-refractivity contribution in [3.63, 3.8) is 0 Å². The molecule has 0 saturated heterocycles. The van der Waals surface area contributed by atoms with Crippen molar-refractivity contribution in [2.75, 3.05) is 10.6 Å². The number of nitrogens with zero attached hydrogens (tertiary/aromatic N) is 3. The molecule has 1 atom stereocenters. The number of nitrogens with one attached hydrogen (secondary N) is 2. The molecule has 0 radical (unpaired) electrons. The van der Waals surface area contributed by atoms with E-state index in [1.807, 2.05) is 41.9 Å². The molecule has 0 bridgehead atoms. The van der Waals surface area contributed by atoms with Crippen molar-refractivity contribution in [1.82, 2.24) is 14.8 Å². The monoisotopic (exact) mass is 451 g/mol. The molecule has 2 aromatic carbocycles. The SMILES string of the molecule is Cc1cc(Cc2ccccc2)ccc1NC(=O)c1cnn2c1NC(c1ccccn1)CC2(C)C. The number of fused-ring (bicyclic) bond motifs is 1. The fraction of sp³-hybridized carbons (Fsp3) is 0.250. The minimum absolute atomic E-state index is 0.00551. The van der Waals surface area contributed by atoms with Gasteiger partial charge in [0.15, 0.2) is 0 Å². The Morgan fingerprint density at radius 3 is 2.62 bits per heavy atom. The summed E-state index contributed by atoms with van der Waals surface area (Å²) < 4.78 is 1.91. The minimum atomic E-state index is -0.254. The van der Waals surface area contributed by atoms with Crippen molar-refractivity contribution >= 4 is 17.4 Å². The molecule has 172 valence electrons. The maximum absolute atomic E-state index is 13.3. The molecule has 6 nitrogen and oxygen atoms in total. The van der Waals surface area contributed by atoms with Crippen LogP contribution < -0.4 is 10.6 Å². The Kier molecular flexibility index (Phi) is 5.65. The fourth-order valence-corrected chi connectivity index (χ4v) is 4.67. The minimum Gasteiger partial charge on any atom is -0.361 e. The number of carbonyl (C=O) groups excluding carboxylic acids is 1. The molecule has 6 heteroatoms. The van der Waals surface area contributed by atoms with Crippen LogP contribution in [0.2, 0.25) is 0 Å². The summed E-state index contributed by atoms with van der Waals surface area (Å²) >= 11 is 0. The van der Waals surface area contributed by atoms with Crippen molar-refractivity contribution in [2.24, 2.45) is 0 Å². The molecule has 0 aliphatic carbocycles. The summed E-state index contributed by atoms with van der Waals surface area (Å²) in [5.41, 5.74) is 5.55. The van der Waals surface area contributed by atoms with Crippen LogP contribution in [0.3, 0.4) is 0 Å². The third-order valence-corrected chi connectivity index (χ3v) is 6.44. The predicted octanol–water partition coefficient (Wildman–Crippen LogP) is 5.72. The summed E-state index contributed by atoms with van der Waals surface area (Å²) in [6.07, 6.45) is 5.13. The number of aromatic nitrogens is 3. The topological polar surface area (TPSA) is 71.8 Å². The molecule has 1 unspecified atom stereocenters. The molecule has 1 aliphatic heterocycles. The summed E-state index contributed by atoms with van der Waals surface area (Å²) in [5, 5.41) is 11.2. The van der Waals surface area contributed by atoms with E-state index >= 15 is 0 Å². The van der Waals surface area contributed by atoms with E-state index < -0.39 is 0 Å². The highest BCUT2D eigenvalue weighted by atomic mass is 16.1. The first-order chi connectivity index (χ1) is 16.4. The van der Waals surface area contributed by atoms with Gasteiger partial charge in [0, 0.05) is 11.9 Å². The zero-order valence-electron chi connectivity index (χ0n) is 19.7. The fourth-order valence-electron chi connectivity index (χ4n) is 4.67. The first kappa shape index (κ1) is 21.9. The Labute approximate surface area is 200 Å². The van der Waals surface area contributed by atoms with E-state index in [2.05, 4.69) is 71.0 Å². The van der Waals surface area contributed by atoms with Gasteiger partial charge in [-0.25, -0.2) is 4.68 Å². The molecule has 0 fully saturated rings. The maximum Gasteiger partial charge on any atom is 0.261 e. The average Bonchev–Trinajstić information content (AvgIpc) is 3.27. The van der Waals surface area contributed by atoms with Gasteiger partial charge in [0.05, 0.1) is 23.5 Å². The van der Waals surface area contributed by atoms with Crippen LogP contribution in [0, 0.1) is 6.92 Å². The van der Waals surface area contributed by atoms with Crippen LogP contribution >= 0.6 is 0 Å². The summed E-state index contributed by atoms with van der Waals surface area (Å²) in [6, 6.07) is 22.5.